The zero-order valence-electron chi connectivity index (χ0n) is 8.34. The Morgan fingerprint density at radius 3 is 3.07 bits per heavy atom. The smallest absolute Gasteiger partial charge is 0.354 e. The van der Waals surface area contributed by atoms with Gasteiger partial charge in [-0.25, -0.2) is 14.8 Å². The summed E-state index contributed by atoms with van der Waals surface area (Å²) in [6.07, 6.45) is 4.79. The van der Waals surface area contributed by atoms with E-state index in [2.05, 4.69) is 9.97 Å². The molecule has 0 aliphatic rings. The number of aromatic carboxylic acids is 1. The third-order valence-corrected chi connectivity index (χ3v) is 2.17. The third-order valence-electron chi connectivity index (χ3n) is 2.17. The molecular formula is C10H11N3O2. The molecule has 0 bridgehead atoms. The van der Waals surface area contributed by atoms with E-state index >= 15 is 0 Å². The maximum Gasteiger partial charge on any atom is 0.354 e. The number of carboxylic acids is 1. The lowest BCUT2D eigenvalue weighted by Gasteiger charge is -1.96. The number of hydrogen-bond acceptors (Lipinski definition) is 3. The van der Waals surface area contributed by atoms with Crippen molar-refractivity contribution >= 4 is 11.7 Å². The van der Waals surface area contributed by atoms with Crippen molar-refractivity contribution in [2.45, 2.75) is 19.8 Å². The zero-order valence-corrected chi connectivity index (χ0v) is 8.34. The summed E-state index contributed by atoms with van der Waals surface area (Å²) in [5.41, 5.74) is 0.823. The average molecular weight is 205 g/mol. The van der Waals surface area contributed by atoms with Crippen molar-refractivity contribution in [2.75, 3.05) is 0 Å². The molecule has 0 saturated carbocycles. The molecule has 2 aromatic rings. The number of carbonyl (C=O) groups is 1. The molecule has 0 aromatic carbocycles. The fraction of sp³-hybridized carbons (Fsp3) is 0.300. The van der Waals surface area contributed by atoms with Gasteiger partial charge in [-0.15, -0.1) is 0 Å². The van der Waals surface area contributed by atoms with Crippen LogP contribution in [0.5, 0.6) is 0 Å². The standard InChI is InChI=1S/C10H11N3O2/c1-2-4-7-8(9(14)15)13-6-3-5-11-10(13)12-7/h3,5-6H,2,4H2,1H3,(H,14,15). The van der Waals surface area contributed by atoms with Crippen LogP contribution >= 0.6 is 0 Å². The van der Waals surface area contributed by atoms with Crippen LogP contribution in [0.1, 0.15) is 29.5 Å². The normalized spacial score (nSPS) is 10.7. The van der Waals surface area contributed by atoms with Gasteiger partial charge in [-0.05, 0) is 12.5 Å². The number of hydrogen-bond donors (Lipinski definition) is 1. The van der Waals surface area contributed by atoms with Gasteiger partial charge in [0.2, 0.25) is 5.78 Å². The summed E-state index contributed by atoms with van der Waals surface area (Å²) in [6, 6.07) is 1.69. The van der Waals surface area contributed by atoms with Crippen LogP contribution in [0.3, 0.4) is 0 Å². The predicted molar refractivity (Wildman–Crippen MR) is 53.9 cm³/mol. The quantitative estimate of drug-likeness (QED) is 0.821. The van der Waals surface area contributed by atoms with E-state index in [-0.39, 0.29) is 5.69 Å². The number of carboxylic acid groups (broad SMARTS) is 1. The van der Waals surface area contributed by atoms with Gasteiger partial charge >= 0.3 is 5.97 Å². The molecule has 0 aliphatic heterocycles. The fourth-order valence-electron chi connectivity index (χ4n) is 1.57. The van der Waals surface area contributed by atoms with Crippen LogP contribution in [0, 0.1) is 0 Å². The van der Waals surface area contributed by atoms with Gasteiger partial charge in [0.25, 0.3) is 0 Å². The first-order valence-electron chi connectivity index (χ1n) is 4.79. The molecule has 2 aromatic heterocycles. The molecule has 1 N–H and O–H groups in total. The highest BCUT2D eigenvalue weighted by atomic mass is 16.4. The minimum atomic E-state index is -0.959. The molecule has 5 heteroatoms. The summed E-state index contributed by atoms with van der Waals surface area (Å²) in [4.78, 5) is 19.3. The molecular weight excluding hydrogens is 194 g/mol. The van der Waals surface area contributed by atoms with Gasteiger partial charge in [0.1, 0.15) is 0 Å². The van der Waals surface area contributed by atoms with Crippen LogP contribution in [0.2, 0.25) is 0 Å². The van der Waals surface area contributed by atoms with Crippen molar-refractivity contribution < 1.29 is 9.90 Å². The third kappa shape index (κ3) is 1.56. The Hall–Kier alpha value is -1.91. The Morgan fingerprint density at radius 2 is 2.40 bits per heavy atom. The Morgan fingerprint density at radius 1 is 1.60 bits per heavy atom. The fourth-order valence-corrected chi connectivity index (χ4v) is 1.57. The van der Waals surface area contributed by atoms with Crippen LogP contribution in [-0.2, 0) is 6.42 Å². The Kier molecular flexibility index (Phi) is 2.37. The van der Waals surface area contributed by atoms with Crippen LogP contribution in [0.4, 0.5) is 0 Å². The van der Waals surface area contributed by atoms with Gasteiger partial charge in [0, 0.05) is 12.4 Å². The summed E-state index contributed by atoms with van der Waals surface area (Å²) in [6.45, 7) is 1.99. The topological polar surface area (TPSA) is 67.5 Å². The second-order valence-electron chi connectivity index (χ2n) is 3.25. The highest BCUT2D eigenvalue weighted by molar-refractivity contribution is 5.88. The molecule has 0 radical (unpaired) electrons. The lowest BCUT2D eigenvalue weighted by Crippen LogP contribution is -2.05. The highest BCUT2D eigenvalue weighted by Crippen LogP contribution is 2.12. The van der Waals surface area contributed by atoms with Crippen molar-refractivity contribution in [2.24, 2.45) is 0 Å². The van der Waals surface area contributed by atoms with Crippen molar-refractivity contribution in [1.29, 1.82) is 0 Å². The largest absolute Gasteiger partial charge is 0.477 e. The van der Waals surface area contributed by atoms with E-state index in [1.54, 1.807) is 18.5 Å². The molecule has 0 spiro atoms. The van der Waals surface area contributed by atoms with Crippen LogP contribution in [0.15, 0.2) is 18.5 Å². The van der Waals surface area contributed by atoms with E-state index in [9.17, 15) is 4.79 Å². The van der Waals surface area contributed by atoms with Crippen LogP contribution < -0.4 is 0 Å². The second kappa shape index (κ2) is 3.68. The number of aromatic nitrogens is 3. The van der Waals surface area contributed by atoms with Crippen LogP contribution in [-0.4, -0.2) is 25.4 Å². The summed E-state index contributed by atoms with van der Waals surface area (Å²) < 4.78 is 1.51. The number of imidazole rings is 1. The number of rotatable bonds is 3. The van der Waals surface area contributed by atoms with E-state index in [0.717, 1.165) is 6.42 Å². The van der Waals surface area contributed by atoms with E-state index in [1.165, 1.54) is 4.40 Å². The Bertz CT molecular complexity index is 504. The number of fused-ring (bicyclic) bond motifs is 1. The predicted octanol–water partition coefficient (Wildman–Crippen LogP) is 1.38. The molecule has 0 unspecified atom stereocenters. The molecule has 5 nitrogen and oxygen atoms in total. The minimum Gasteiger partial charge on any atom is -0.477 e. The molecule has 15 heavy (non-hydrogen) atoms. The molecule has 0 saturated heterocycles. The summed E-state index contributed by atoms with van der Waals surface area (Å²) in [7, 11) is 0. The highest BCUT2D eigenvalue weighted by Gasteiger charge is 2.17. The average Bonchev–Trinajstić information content (AvgIpc) is 2.56. The Balaban J connectivity index is 2.69. The molecule has 2 rings (SSSR count). The monoisotopic (exact) mass is 205 g/mol. The van der Waals surface area contributed by atoms with E-state index < -0.39 is 5.97 Å². The summed E-state index contributed by atoms with van der Waals surface area (Å²) in [5.74, 6) is -0.516. The van der Waals surface area contributed by atoms with Crippen molar-refractivity contribution in [3.63, 3.8) is 0 Å². The molecule has 0 aliphatic carbocycles. The molecule has 0 amide bonds. The molecule has 0 atom stereocenters. The van der Waals surface area contributed by atoms with E-state index in [4.69, 9.17) is 5.11 Å². The second-order valence-corrected chi connectivity index (χ2v) is 3.25. The SMILES string of the molecule is CCCc1nc2ncccn2c1C(=O)O. The van der Waals surface area contributed by atoms with Gasteiger partial charge in [-0.2, -0.15) is 0 Å². The van der Waals surface area contributed by atoms with Crippen LogP contribution in [0.25, 0.3) is 5.78 Å². The van der Waals surface area contributed by atoms with Gasteiger partial charge in [0.05, 0.1) is 5.69 Å². The lowest BCUT2D eigenvalue weighted by atomic mass is 10.2. The Labute approximate surface area is 86.4 Å². The maximum absolute atomic E-state index is 11.1. The first kappa shape index (κ1) is 9.64. The van der Waals surface area contributed by atoms with Gasteiger partial charge < -0.3 is 5.11 Å². The first-order chi connectivity index (χ1) is 7.24. The summed E-state index contributed by atoms with van der Waals surface area (Å²) in [5, 5.41) is 9.09. The van der Waals surface area contributed by atoms with Gasteiger partial charge in [-0.3, -0.25) is 4.40 Å². The van der Waals surface area contributed by atoms with Crippen molar-refractivity contribution in [3.05, 3.63) is 29.8 Å². The van der Waals surface area contributed by atoms with Gasteiger partial charge in [-0.1, -0.05) is 13.3 Å². The van der Waals surface area contributed by atoms with Crippen molar-refractivity contribution in [3.8, 4) is 0 Å². The maximum atomic E-state index is 11.1. The lowest BCUT2D eigenvalue weighted by molar-refractivity contribution is 0.0688. The zero-order chi connectivity index (χ0) is 10.8. The molecule has 2 heterocycles. The van der Waals surface area contributed by atoms with Gasteiger partial charge in [0.15, 0.2) is 5.69 Å². The number of nitrogens with zero attached hydrogens (tertiary/aromatic N) is 3. The number of aryl methyl sites for hydroxylation is 1. The van der Waals surface area contributed by atoms with Crippen molar-refractivity contribution in [1.82, 2.24) is 14.4 Å². The molecule has 78 valence electrons. The van der Waals surface area contributed by atoms with E-state index in [0.29, 0.717) is 17.9 Å². The summed E-state index contributed by atoms with van der Waals surface area (Å²) >= 11 is 0. The molecule has 0 fully saturated rings. The first-order valence-corrected chi connectivity index (χ1v) is 4.79. The minimum absolute atomic E-state index is 0.222. The van der Waals surface area contributed by atoms with E-state index in [1.807, 2.05) is 6.92 Å².